The van der Waals surface area contributed by atoms with Gasteiger partial charge in [0, 0.05) is 13.1 Å². The maximum atomic E-state index is 11.6. The number of amides is 1. The summed E-state index contributed by atoms with van der Waals surface area (Å²) in [4.78, 5) is 13.9. The van der Waals surface area contributed by atoms with E-state index >= 15 is 0 Å². The van der Waals surface area contributed by atoms with Gasteiger partial charge < -0.3 is 4.90 Å². The second kappa shape index (κ2) is 6.36. The Morgan fingerprint density at radius 2 is 1.94 bits per heavy atom. The highest BCUT2D eigenvalue weighted by Crippen LogP contribution is 2.25. The van der Waals surface area contributed by atoms with Gasteiger partial charge in [0.1, 0.15) is 0 Å². The van der Waals surface area contributed by atoms with E-state index in [1.54, 1.807) is 0 Å². The van der Waals surface area contributed by atoms with Crippen LogP contribution in [0.15, 0.2) is 0 Å². The van der Waals surface area contributed by atoms with Crippen molar-refractivity contribution in [2.24, 2.45) is 17.2 Å². The lowest BCUT2D eigenvalue weighted by Gasteiger charge is -2.32. The van der Waals surface area contributed by atoms with E-state index in [4.69, 9.17) is 5.84 Å². The third kappa shape index (κ3) is 4.64. The number of carbonyl (C=O) groups excluding carboxylic acids is 1. The average Bonchev–Trinajstić information content (AvgIpc) is 2.28. The van der Waals surface area contributed by atoms with Gasteiger partial charge in [-0.15, -0.1) is 0 Å². The fraction of sp³-hybridized carbons (Fsp3) is 0.923. The molecule has 1 saturated carbocycles. The van der Waals surface area contributed by atoms with Crippen LogP contribution in [-0.4, -0.2) is 30.9 Å². The predicted octanol–water partition coefficient (Wildman–Crippen LogP) is 1.51. The quantitative estimate of drug-likeness (QED) is 0.436. The normalized spacial score (nSPS) is 18.4. The second-order valence-electron chi connectivity index (χ2n) is 6.06. The van der Waals surface area contributed by atoms with Gasteiger partial charge in [0.15, 0.2) is 0 Å². The van der Waals surface area contributed by atoms with E-state index in [1.807, 2.05) is 13.8 Å². The molecule has 1 amide bonds. The summed E-state index contributed by atoms with van der Waals surface area (Å²) in [6.07, 6.45) is 6.80. The first-order valence-corrected chi connectivity index (χ1v) is 6.65. The molecule has 1 rings (SSSR count). The minimum Gasteiger partial charge on any atom is -0.305 e. The van der Waals surface area contributed by atoms with Crippen molar-refractivity contribution in [1.82, 2.24) is 10.3 Å². The molecule has 0 radical (unpaired) electrons. The van der Waals surface area contributed by atoms with Gasteiger partial charge in [-0.25, -0.2) is 5.84 Å². The molecule has 0 aromatic rings. The van der Waals surface area contributed by atoms with Crippen molar-refractivity contribution in [3.63, 3.8) is 0 Å². The highest BCUT2D eigenvalue weighted by Gasteiger charge is 2.29. The zero-order chi connectivity index (χ0) is 12.9. The fourth-order valence-electron chi connectivity index (χ4n) is 2.82. The minimum absolute atomic E-state index is 0.0898. The van der Waals surface area contributed by atoms with Crippen LogP contribution in [0, 0.1) is 11.3 Å². The molecular formula is C13H27N3O. The van der Waals surface area contributed by atoms with Crippen molar-refractivity contribution in [1.29, 1.82) is 0 Å². The van der Waals surface area contributed by atoms with E-state index in [2.05, 4.69) is 17.4 Å². The maximum Gasteiger partial charge on any atom is 0.240 e. The number of rotatable bonds is 5. The van der Waals surface area contributed by atoms with Crippen LogP contribution in [0.2, 0.25) is 0 Å². The van der Waals surface area contributed by atoms with E-state index in [9.17, 15) is 4.79 Å². The summed E-state index contributed by atoms with van der Waals surface area (Å²) in [5.74, 6) is 5.92. The first-order chi connectivity index (χ1) is 7.95. The zero-order valence-corrected chi connectivity index (χ0v) is 11.5. The lowest BCUT2D eigenvalue weighted by atomic mass is 9.87. The molecule has 3 N–H and O–H groups in total. The van der Waals surface area contributed by atoms with Gasteiger partial charge in [-0.1, -0.05) is 19.3 Å². The third-order valence-corrected chi connectivity index (χ3v) is 3.71. The molecule has 4 nitrogen and oxygen atoms in total. The molecule has 17 heavy (non-hydrogen) atoms. The minimum atomic E-state index is -0.418. The Kier molecular flexibility index (Phi) is 5.40. The number of nitrogens with zero attached hydrogens (tertiary/aromatic N) is 1. The molecule has 100 valence electrons. The van der Waals surface area contributed by atoms with Crippen molar-refractivity contribution in [2.75, 3.05) is 20.1 Å². The molecule has 0 aromatic carbocycles. The third-order valence-electron chi connectivity index (χ3n) is 3.71. The van der Waals surface area contributed by atoms with Crippen LogP contribution in [0.4, 0.5) is 0 Å². The zero-order valence-electron chi connectivity index (χ0n) is 11.5. The van der Waals surface area contributed by atoms with Crippen molar-refractivity contribution in [3.05, 3.63) is 0 Å². The Hall–Kier alpha value is -0.610. The van der Waals surface area contributed by atoms with E-state index in [1.165, 1.54) is 32.1 Å². The highest BCUT2D eigenvalue weighted by atomic mass is 16.2. The lowest BCUT2D eigenvalue weighted by Crippen LogP contribution is -2.47. The van der Waals surface area contributed by atoms with Crippen LogP contribution in [0.5, 0.6) is 0 Å². The van der Waals surface area contributed by atoms with Gasteiger partial charge in [-0.05, 0) is 39.7 Å². The summed E-state index contributed by atoms with van der Waals surface area (Å²) in [5, 5.41) is 0. The number of hydrogen-bond acceptors (Lipinski definition) is 3. The Balaban J connectivity index is 2.37. The smallest absolute Gasteiger partial charge is 0.240 e. The van der Waals surface area contributed by atoms with Gasteiger partial charge in [-0.2, -0.15) is 0 Å². The summed E-state index contributed by atoms with van der Waals surface area (Å²) >= 11 is 0. The molecule has 0 spiro atoms. The molecule has 0 heterocycles. The average molecular weight is 241 g/mol. The lowest BCUT2D eigenvalue weighted by molar-refractivity contribution is -0.130. The molecule has 0 bridgehead atoms. The Morgan fingerprint density at radius 1 is 1.35 bits per heavy atom. The van der Waals surface area contributed by atoms with Gasteiger partial charge in [0.2, 0.25) is 5.91 Å². The number of hydrazine groups is 1. The molecule has 1 aliphatic carbocycles. The summed E-state index contributed by atoms with van der Waals surface area (Å²) < 4.78 is 0. The van der Waals surface area contributed by atoms with Gasteiger partial charge in [0.25, 0.3) is 0 Å². The molecule has 0 atom stereocenters. The van der Waals surface area contributed by atoms with Crippen LogP contribution in [0.1, 0.15) is 46.0 Å². The largest absolute Gasteiger partial charge is 0.305 e. The van der Waals surface area contributed by atoms with Gasteiger partial charge in [0.05, 0.1) is 5.41 Å². The number of nitrogens with one attached hydrogen (secondary N) is 1. The highest BCUT2D eigenvalue weighted by molar-refractivity contribution is 5.81. The summed E-state index contributed by atoms with van der Waals surface area (Å²) in [6, 6.07) is 0. The molecule has 0 aliphatic heterocycles. The van der Waals surface area contributed by atoms with Crippen molar-refractivity contribution in [2.45, 2.75) is 46.0 Å². The molecule has 1 aliphatic rings. The molecular weight excluding hydrogens is 214 g/mol. The Labute approximate surface area is 105 Å². The maximum absolute atomic E-state index is 11.6. The number of nitrogens with two attached hydrogens (primary N) is 1. The van der Waals surface area contributed by atoms with Crippen molar-refractivity contribution in [3.8, 4) is 0 Å². The standard InChI is InChI=1S/C13H27N3O/c1-13(2,12(17)15-14)10-16(3)9-11-7-5-4-6-8-11/h11H,4-10,14H2,1-3H3,(H,15,17). The summed E-state index contributed by atoms with van der Waals surface area (Å²) in [6.45, 7) is 5.73. The van der Waals surface area contributed by atoms with E-state index in [0.29, 0.717) is 0 Å². The second-order valence-corrected chi connectivity index (χ2v) is 6.06. The van der Waals surface area contributed by atoms with Crippen LogP contribution in [-0.2, 0) is 4.79 Å². The fourth-order valence-corrected chi connectivity index (χ4v) is 2.82. The monoisotopic (exact) mass is 241 g/mol. The summed E-state index contributed by atoms with van der Waals surface area (Å²) in [5.41, 5.74) is 1.83. The van der Waals surface area contributed by atoms with Gasteiger partial charge in [-0.3, -0.25) is 10.2 Å². The van der Waals surface area contributed by atoms with E-state index < -0.39 is 5.41 Å². The molecule has 0 aromatic heterocycles. The van der Waals surface area contributed by atoms with Crippen molar-refractivity contribution < 1.29 is 4.79 Å². The Morgan fingerprint density at radius 3 is 2.47 bits per heavy atom. The molecule has 1 fully saturated rings. The topological polar surface area (TPSA) is 58.4 Å². The molecule has 4 heteroatoms. The first kappa shape index (κ1) is 14.5. The van der Waals surface area contributed by atoms with Gasteiger partial charge >= 0.3 is 0 Å². The molecule has 0 saturated heterocycles. The number of hydrogen-bond donors (Lipinski definition) is 2. The van der Waals surface area contributed by atoms with E-state index in [0.717, 1.165) is 19.0 Å². The van der Waals surface area contributed by atoms with Crippen LogP contribution in [0.3, 0.4) is 0 Å². The van der Waals surface area contributed by atoms with Crippen LogP contribution in [0.25, 0.3) is 0 Å². The SMILES string of the molecule is CN(CC1CCCCC1)CC(C)(C)C(=O)NN. The van der Waals surface area contributed by atoms with E-state index in [-0.39, 0.29) is 5.91 Å². The Bertz CT molecular complexity index is 247. The van der Waals surface area contributed by atoms with Crippen molar-refractivity contribution >= 4 is 5.91 Å². The van der Waals surface area contributed by atoms with Crippen LogP contribution >= 0.6 is 0 Å². The number of carbonyl (C=O) groups is 1. The van der Waals surface area contributed by atoms with Crippen LogP contribution < -0.4 is 11.3 Å². The summed E-state index contributed by atoms with van der Waals surface area (Å²) in [7, 11) is 2.10. The molecule has 0 unspecified atom stereocenters. The first-order valence-electron chi connectivity index (χ1n) is 6.65. The predicted molar refractivity (Wildman–Crippen MR) is 70.2 cm³/mol.